The Morgan fingerprint density at radius 1 is 1.06 bits per heavy atom. The molecule has 0 bridgehead atoms. The molecule has 33 heavy (non-hydrogen) atoms. The van der Waals surface area contributed by atoms with Gasteiger partial charge in [0.15, 0.2) is 0 Å². The molecule has 2 aliphatic rings. The van der Waals surface area contributed by atoms with E-state index >= 15 is 0 Å². The molecule has 2 aromatic carbocycles. The molecule has 0 radical (unpaired) electrons. The highest BCUT2D eigenvalue weighted by Gasteiger charge is 2.36. The third-order valence-electron chi connectivity index (χ3n) is 7.08. The number of benzene rings is 2. The Morgan fingerprint density at radius 2 is 1.88 bits per heavy atom. The van der Waals surface area contributed by atoms with Crippen LogP contribution in [-0.4, -0.2) is 54.9 Å². The molecule has 2 aromatic rings. The lowest BCUT2D eigenvalue weighted by atomic mass is 9.95. The third-order valence-corrected chi connectivity index (χ3v) is 7.08. The van der Waals surface area contributed by atoms with Gasteiger partial charge in [0.2, 0.25) is 0 Å². The monoisotopic (exact) mass is 449 g/mol. The first-order valence-electron chi connectivity index (χ1n) is 11.8. The van der Waals surface area contributed by atoms with Crippen molar-refractivity contribution in [3.8, 4) is 11.5 Å². The van der Waals surface area contributed by atoms with Gasteiger partial charge < -0.3 is 9.47 Å². The smallest absolute Gasteiger partial charge is 0.257 e. The summed E-state index contributed by atoms with van der Waals surface area (Å²) < 4.78 is 11.2. The molecule has 176 valence electrons. The molecule has 4 rings (SSSR count). The standard InChI is InChI=1S/C27H35N3O3/c1-18-9-10-21(14-19(18)2)24-16-25(23-15-22(32-4)11-12-26(23)33-5)30(28-24)27(31)17-29-13-7-6-8-20(29)3/h9-12,14-15,20,25H,6-8,13,16-17H2,1-5H3/t20-,25-/m1/s1. The normalized spacial score (nSPS) is 21.1. The molecule has 0 spiro atoms. The minimum absolute atomic E-state index is 0.0254. The van der Waals surface area contributed by atoms with Crippen molar-refractivity contribution < 1.29 is 14.3 Å². The van der Waals surface area contributed by atoms with Crippen molar-refractivity contribution in [2.75, 3.05) is 27.3 Å². The van der Waals surface area contributed by atoms with Crippen LogP contribution in [0.1, 0.15) is 60.9 Å². The molecule has 2 atom stereocenters. The summed E-state index contributed by atoms with van der Waals surface area (Å²) in [6.07, 6.45) is 4.14. The molecule has 6 heteroatoms. The van der Waals surface area contributed by atoms with Crippen LogP contribution in [0.4, 0.5) is 0 Å². The first-order chi connectivity index (χ1) is 15.9. The van der Waals surface area contributed by atoms with Crippen molar-refractivity contribution in [3.05, 3.63) is 58.7 Å². The summed E-state index contributed by atoms with van der Waals surface area (Å²) in [7, 11) is 3.31. The van der Waals surface area contributed by atoms with E-state index in [9.17, 15) is 4.79 Å². The number of aryl methyl sites for hydroxylation is 2. The molecule has 1 saturated heterocycles. The van der Waals surface area contributed by atoms with Crippen LogP contribution < -0.4 is 9.47 Å². The Kier molecular flexibility index (Phi) is 7.03. The third kappa shape index (κ3) is 4.91. The molecule has 1 amide bonds. The second-order valence-electron chi connectivity index (χ2n) is 9.23. The SMILES string of the molecule is COc1ccc(OC)c([C@H]2CC(c3ccc(C)c(C)c3)=NN2C(=O)CN2CCCC[C@H]2C)c1. The average molecular weight is 450 g/mol. The number of carbonyl (C=O) groups is 1. The van der Waals surface area contributed by atoms with Gasteiger partial charge in [-0.3, -0.25) is 9.69 Å². The first-order valence-corrected chi connectivity index (χ1v) is 11.8. The summed E-state index contributed by atoms with van der Waals surface area (Å²) in [5.41, 5.74) is 5.37. The van der Waals surface area contributed by atoms with Gasteiger partial charge in [0.05, 0.1) is 32.5 Å². The zero-order valence-corrected chi connectivity index (χ0v) is 20.4. The van der Waals surface area contributed by atoms with E-state index in [-0.39, 0.29) is 11.9 Å². The van der Waals surface area contributed by atoms with Crippen LogP contribution in [0.3, 0.4) is 0 Å². The predicted octanol–water partition coefficient (Wildman–Crippen LogP) is 4.87. The summed E-state index contributed by atoms with van der Waals surface area (Å²) >= 11 is 0. The van der Waals surface area contributed by atoms with Gasteiger partial charge in [-0.25, -0.2) is 5.01 Å². The second-order valence-corrected chi connectivity index (χ2v) is 9.23. The number of hydrazone groups is 1. The largest absolute Gasteiger partial charge is 0.497 e. The lowest BCUT2D eigenvalue weighted by molar-refractivity contribution is -0.135. The Morgan fingerprint density at radius 3 is 2.58 bits per heavy atom. The van der Waals surface area contributed by atoms with Crippen LogP contribution in [0.25, 0.3) is 0 Å². The quantitative estimate of drug-likeness (QED) is 0.631. The highest BCUT2D eigenvalue weighted by Crippen LogP contribution is 2.39. The fraction of sp³-hybridized carbons (Fsp3) is 0.481. The Labute approximate surface area is 197 Å². The van der Waals surface area contributed by atoms with E-state index < -0.39 is 0 Å². The summed E-state index contributed by atoms with van der Waals surface area (Å²) in [6, 6.07) is 12.3. The molecular formula is C27H35N3O3. The Bertz CT molecular complexity index is 1050. The van der Waals surface area contributed by atoms with Crippen LogP contribution in [0.2, 0.25) is 0 Å². The van der Waals surface area contributed by atoms with Gasteiger partial charge in [-0.2, -0.15) is 5.10 Å². The van der Waals surface area contributed by atoms with E-state index in [4.69, 9.17) is 14.6 Å². The first kappa shape index (κ1) is 23.3. The molecule has 0 saturated carbocycles. The van der Waals surface area contributed by atoms with Crippen LogP contribution in [0.15, 0.2) is 41.5 Å². The minimum atomic E-state index is -0.237. The number of carbonyl (C=O) groups excluding carboxylic acids is 1. The van der Waals surface area contributed by atoms with Crippen LogP contribution in [-0.2, 0) is 4.79 Å². The molecular weight excluding hydrogens is 414 g/mol. The van der Waals surface area contributed by atoms with Gasteiger partial charge in [0.25, 0.3) is 5.91 Å². The number of ether oxygens (including phenoxy) is 2. The van der Waals surface area contributed by atoms with Crippen molar-refractivity contribution in [2.24, 2.45) is 5.10 Å². The summed E-state index contributed by atoms with van der Waals surface area (Å²) in [6.45, 7) is 7.77. The number of piperidine rings is 1. The second kappa shape index (κ2) is 9.96. The van der Waals surface area contributed by atoms with Gasteiger partial charge in [0, 0.05) is 18.0 Å². The van der Waals surface area contributed by atoms with Gasteiger partial charge in [-0.1, -0.05) is 18.6 Å². The van der Waals surface area contributed by atoms with E-state index in [2.05, 4.69) is 43.9 Å². The van der Waals surface area contributed by atoms with E-state index in [0.717, 1.165) is 47.7 Å². The van der Waals surface area contributed by atoms with Crippen molar-refractivity contribution in [1.29, 1.82) is 0 Å². The molecule has 1 fully saturated rings. The van der Waals surface area contributed by atoms with E-state index in [1.807, 2.05) is 18.2 Å². The molecule has 0 unspecified atom stereocenters. The molecule has 2 aliphatic heterocycles. The maximum atomic E-state index is 13.6. The van der Waals surface area contributed by atoms with E-state index in [1.165, 1.54) is 17.5 Å². The number of nitrogens with zero attached hydrogens (tertiary/aromatic N) is 3. The number of amides is 1. The van der Waals surface area contributed by atoms with Crippen molar-refractivity contribution >= 4 is 11.6 Å². The van der Waals surface area contributed by atoms with Crippen LogP contribution >= 0.6 is 0 Å². The molecule has 0 N–H and O–H groups in total. The highest BCUT2D eigenvalue weighted by atomic mass is 16.5. The lowest BCUT2D eigenvalue weighted by Crippen LogP contribution is -2.44. The molecule has 0 aliphatic carbocycles. The Balaban J connectivity index is 1.70. The van der Waals surface area contributed by atoms with Crippen LogP contribution in [0, 0.1) is 13.8 Å². The summed E-state index contributed by atoms with van der Waals surface area (Å²) in [5.74, 6) is 1.50. The fourth-order valence-electron chi connectivity index (χ4n) is 4.82. The summed E-state index contributed by atoms with van der Waals surface area (Å²) in [4.78, 5) is 15.9. The van der Waals surface area contributed by atoms with E-state index in [1.54, 1.807) is 19.2 Å². The molecule has 6 nitrogen and oxygen atoms in total. The maximum Gasteiger partial charge on any atom is 0.257 e. The van der Waals surface area contributed by atoms with E-state index in [0.29, 0.717) is 19.0 Å². The number of methoxy groups -OCH3 is 2. The molecule has 0 aromatic heterocycles. The minimum Gasteiger partial charge on any atom is -0.497 e. The fourth-order valence-corrected chi connectivity index (χ4v) is 4.82. The topological polar surface area (TPSA) is 54.4 Å². The zero-order chi connectivity index (χ0) is 23.5. The number of hydrogen-bond donors (Lipinski definition) is 0. The van der Waals surface area contributed by atoms with Crippen molar-refractivity contribution in [1.82, 2.24) is 9.91 Å². The van der Waals surface area contributed by atoms with Gasteiger partial charge in [0.1, 0.15) is 11.5 Å². The number of likely N-dealkylation sites (tertiary alicyclic amines) is 1. The average Bonchev–Trinajstić information content (AvgIpc) is 3.27. The zero-order valence-electron chi connectivity index (χ0n) is 20.4. The number of rotatable bonds is 6. The lowest BCUT2D eigenvalue weighted by Gasteiger charge is -2.34. The predicted molar refractivity (Wildman–Crippen MR) is 131 cm³/mol. The van der Waals surface area contributed by atoms with Crippen molar-refractivity contribution in [2.45, 2.75) is 58.5 Å². The maximum absolute atomic E-state index is 13.6. The van der Waals surface area contributed by atoms with Gasteiger partial charge >= 0.3 is 0 Å². The molecule has 2 heterocycles. The van der Waals surface area contributed by atoms with Crippen LogP contribution in [0.5, 0.6) is 11.5 Å². The summed E-state index contributed by atoms with van der Waals surface area (Å²) in [5, 5.41) is 6.57. The van der Waals surface area contributed by atoms with Gasteiger partial charge in [-0.15, -0.1) is 0 Å². The Hall–Kier alpha value is -2.86. The van der Waals surface area contributed by atoms with Crippen molar-refractivity contribution in [3.63, 3.8) is 0 Å². The number of hydrogen-bond acceptors (Lipinski definition) is 5. The highest BCUT2D eigenvalue weighted by molar-refractivity contribution is 6.03. The van der Waals surface area contributed by atoms with Gasteiger partial charge in [-0.05, 0) is 81.1 Å².